The van der Waals surface area contributed by atoms with E-state index < -0.39 is 11.6 Å². The number of benzene rings is 2. The summed E-state index contributed by atoms with van der Waals surface area (Å²) in [4.78, 5) is 28.3. The van der Waals surface area contributed by atoms with Crippen LogP contribution in [0, 0.1) is 0 Å². The minimum atomic E-state index is -1.00. The molecule has 0 unspecified atom stereocenters. The van der Waals surface area contributed by atoms with E-state index in [0.29, 0.717) is 5.69 Å². The maximum atomic E-state index is 12.3. The normalized spacial score (nSPS) is 11.4. The third-order valence-electron chi connectivity index (χ3n) is 5.56. The van der Waals surface area contributed by atoms with Crippen LogP contribution in [-0.4, -0.2) is 45.7 Å². The Morgan fingerprint density at radius 2 is 1.81 bits per heavy atom. The summed E-state index contributed by atoms with van der Waals surface area (Å²) >= 11 is 0. The third-order valence-corrected chi connectivity index (χ3v) is 5.56. The summed E-state index contributed by atoms with van der Waals surface area (Å²) in [7, 11) is 0. The minimum absolute atomic E-state index is 0.218. The van der Waals surface area contributed by atoms with E-state index in [9.17, 15) is 14.7 Å². The Bertz CT molecular complexity index is 1100. The lowest BCUT2D eigenvalue weighted by Crippen LogP contribution is -2.48. The SMILES string of the molecule is CCc1cc(NC(=O)NCCN(C(=O)O)C(C)(C)C)ccc1Cc1c[nH]c2ccccc12. The van der Waals surface area contributed by atoms with Gasteiger partial charge in [0.15, 0.2) is 0 Å². The fraction of sp³-hybridized carbons (Fsp3) is 0.360. The zero-order chi connectivity index (χ0) is 23.3. The van der Waals surface area contributed by atoms with Gasteiger partial charge in [0.1, 0.15) is 0 Å². The molecule has 3 aromatic rings. The van der Waals surface area contributed by atoms with Crippen LogP contribution in [0.1, 0.15) is 44.4 Å². The van der Waals surface area contributed by atoms with Gasteiger partial charge in [0, 0.05) is 41.4 Å². The Hall–Kier alpha value is -3.48. The Morgan fingerprint density at radius 1 is 1.06 bits per heavy atom. The van der Waals surface area contributed by atoms with Crippen molar-refractivity contribution >= 4 is 28.7 Å². The van der Waals surface area contributed by atoms with E-state index >= 15 is 0 Å². The molecule has 170 valence electrons. The highest BCUT2D eigenvalue weighted by Gasteiger charge is 2.25. The maximum Gasteiger partial charge on any atom is 0.407 e. The lowest BCUT2D eigenvalue weighted by molar-refractivity contribution is 0.101. The van der Waals surface area contributed by atoms with E-state index in [2.05, 4.69) is 46.9 Å². The maximum absolute atomic E-state index is 12.3. The molecule has 1 heterocycles. The van der Waals surface area contributed by atoms with E-state index in [4.69, 9.17) is 0 Å². The summed E-state index contributed by atoms with van der Waals surface area (Å²) in [5, 5.41) is 16.2. The highest BCUT2D eigenvalue weighted by molar-refractivity contribution is 5.89. The van der Waals surface area contributed by atoms with Gasteiger partial charge in [-0.05, 0) is 68.5 Å². The number of anilines is 1. The van der Waals surface area contributed by atoms with Gasteiger partial charge in [-0.2, -0.15) is 0 Å². The van der Waals surface area contributed by atoms with Crippen molar-refractivity contribution in [2.45, 2.75) is 46.1 Å². The summed E-state index contributed by atoms with van der Waals surface area (Å²) in [5.41, 5.74) is 4.97. The monoisotopic (exact) mass is 436 g/mol. The molecule has 0 saturated heterocycles. The molecule has 0 aliphatic heterocycles. The van der Waals surface area contributed by atoms with Gasteiger partial charge in [-0.25, -0.2) is 9.59 Å². The lowest BCUT2D eigenvalue weighted by Gasteiger charge is -2.33. The molecule has 1 aromatic heterocycles. The Morgan fingerprint density at radius 3 is 2.50 bits per heavy atom. The number of aromatic nitrogens is 1. The van der Waals surface area contributed by atoms with E-state index in [1.165, 1.54) is 27.0 Å². The molecule has 0 spiro atoms. The van der Waals surface area contributed by atoms with E-state index in [1.54, 1.807) is 0 Å². The summed E-state index contributed by atoms with van der Waals surface area (Å²) in [6.07, 6.45) is 2.73. The van der Waals surface area contributed by atoms with Gasteiger partial charge in [-0.3, -0.25) is 0 Å². The quantitative estimate of drug-likeness (QED) is 0.409. The van der Waals surface area contributed by atoms with Gasteiger partial charge in [-0.1, -0.05) is 31.2 Å². The molecule has 7 heteroatoms. The van der Waals surface area contributed by atoms with Crippen LogP contribution < -0.4 is 10.6 Å². The van der Waals surface area contributed by atoms with Crippen molar-refractivity contribution in [3.05, 3.63) is 65.4 Å². The Kier molecular flexibility index (Phi) is 7.08. The molecule has 7 nitrogen and oxygen atoms in total. The van der Waals surface area contributed by atoms with Crippen molar-refractivity contribution in [2.75, 3.05) is 18.4 Å². The number of nitrogens with zero attached hydrogens (tertiary/aromatic N) is 1. The van der Waals surface area contributed by atoms with Crippen LogP contribution >= 0.6 is 0 Å². The van der Waals surface area contributed by atoms with Crippen molar-refractivity contribution in [2.24, 2.45) is 0 Å². The predicted molar refractivity (Wildman–Crippen MR) is 128 cm³/mol. The van der Waals surface area contributed by atoms with Crippen LogP contribution in [0.5, 0.6) is 0 Å². The fourth-order valence-corrected chi connectivity index (χ4v) is 3.86. The number of urea groups is 1. The number of fused-ring (bicyclic) bond motifs is 1. The molecule has 0 bridgehead atoms. The van der Waals surface area contributed by atoms with Crippen LogP contribution in [0.25, 0.3) is 10.9 Å². The largest absolute Gasteiger partial charge is 0.465 e. The second-order valence-corrected chi connectivity index (χ2v) is 8.86. The van der Waals surface area contributed by atoms with Gasteiger partial charge >= 0.3 is 12.1 Å². The zero-order valence-electron chi connectivity index (χ0n) is 19.2. The first-order chi connectivity index (χ1) is 15.2. The number of hydrogen-bond acceptors (Lipinski definition) is 2. The number of rotatable bonds is 7. The van der Waals surface area contributed by atoms with Crippen LogP contribution in [0.2, 0.25) is 0 Å². The number of hydrogen-bond donors (Lipinski definition) is 4. The van der Waals surface area contributed by atoms with Crippen molar-refractivity contribution in [1.82, 2.24) is 15.2 Å². The highest BCUT2D eigenvalue weighted by atomic mass is 16.4. The molecule has 0 radical (unpaired) electrons. The van der Waals surface area contributed by atoms with Crippen molar-refractivity contribution in [1.29, 1.82) is 0 Å². The molecule has 4 N–H and O–H groups in total. The predicted octanol–water partition coefficient (Wildman–Crippen LogP) is 5.22. The standard InChI is InChI=1S/C25H32N4O3/c1-5-17-15-20(28-23(30)26-12-13-29(24(31)32)25(2,3)4)11-10-18(17)14-19-16-27-22-9-7-6-8-21(19)22/h6-11,15-16,27H,5,12-14H2,1-4H3,(H,31,32)(H2,26,28,30). The van der Waals surface area contributed by atoms with Crippen LogP contribution in [0.15, 0.2) is 48.7 Å². The number of carbonyl (C=O) groups is 2. The van der Waals surface area contributed by atoms with Crippen molar-refractivity contribution in [3.63, 3.8) is 0 Å². The fourth-order valence-electron chi connectivity index (χ4n) is 3.86. The first-order valence-electron chi connectivity index (χ1n) is 10.9. The van der Waals surface area contributed by atoms with Crippen molar-refractivity contribution in [3.8, 4) is 0 Å². The second-order valence-electron chi connectivity index (χ2n) is 8.86. The third kappa shape index (κ3) is 5.60. The van der Waals surface area contributed by atoms with Gasteiger partial charge in [0.25, 0.3) is 0 Å². The topological polar surface area (TPSA) is 97.5 Å². The molecular weight excluding hydrogens is 404 g/mol. The number of amides is 3. The summed E-state index contributed by atoms with van der Waals surface area (Å²) in [6.45, 7) is 8.03. The van der Waals surface area contributed by atoms with Crippen molar-refractivity contribution < 1.29 is 14.7 Å². The van der Waals surface area contributed by atoms with E-state index in [0.717, 1.165) is 18.4 Å². The summed E-state index contributed by atoms with van der Waals surface area (Å²) in [5.74, 6) is 0. The Labute approximate surface area is 188 Å². The molecule has 3 rings (SSSR count). The van der Waals surface area contributed by atoms with E-state index in [1.807, 2.05) is 45.0 Å². The molecule has 32 heavy (non-hydrogen) atoms. The Balaban J connectivity index is 1.62. The summed E-state index contributed by atoms with van der Waals surface area (Å²) in [6, 6.07) is 13.9. The van der Waals surface area contributed by atoms with Gasteiger partial charge < -0.3 is 25.6 Å². The molecule has 0 aliphatic carbocycles. The molecule has 3 amide bonds. The molecule has 0 aliphatic rings. The van der Waals surface area contributed by atoms with Gasteiger partial charge in [0.2, 0.25) is 0 Å². The van der Waals surface area contributed by atoms with E-state index in [-0.39, 0.29) is 19.1 Å². The lowest BCUT2D eigenvalue weighted by atomic mass is 9.97. The number of nitrogens with one attached hydrogen (secondary N) is 3. The second kappa shape index (κ2) is 9.77. The number of aryl methyl sites for hydroxylation is 1. The number of para-hydroxylation sites is 1. The molecule has 0 atom stereocenters. The van der Waals surface area contributed by atoms with Crippen LogP contribution in [0.3, 0.4) is 0 Å². The van der Waals surface area contributed by atoms with Gasteiger partial charge in [-0.15, -0.1) is 0 Å². The molecule has 0 saturated carbocycles. The van der Waals surface area contributed by atoms with Gasteiger partial charge in [0.05, 0.1) is 0 Å². The number of aromatic amines is 1. The number of carboxylic acid groups (broad SMARTS) is 1. The smallest absolute Gasteiger partial charge is 0.407 e. The zero-order valence-corrected chi connectivity index (χ0v) is 19.2. The molecular formula is C25H32N4O3. The molecule has 2 aromatic carbocycles. The summed E-state index contributed by atoms with van der Waals surface area (Å²) < 4.78 is 0. The number of carbonyl (C=O) groups excluding carboxylic acids is 1. The van der Waals surface area contributed by atoms with Crippen LogP contribution in [0.4, 0.5) is 15.3 Å². The average Bonchev–Trinajstić information content (AvgIpc) is 3.14. The highest BCUT2D eigenvalue weighted by Crippen LogP contribution is 2.24. The first-order valence-corrected chi connectivity index (χ1v) is 10.9. The first kappa shape index (κ1) is 23.2. The number of H-pyrrole nitrogens is 1. The molecule has 0 fully saturated rings. The average molecular weight is 437 g/mol. The van der Waals surface area contributed by atoms with Crippen LogP contribution in [-0.2, 0) is 12.8 Å². The minimum Gasteiger partial charge on any atom is -0.465 e.